The molecule has 2 atom stereocenters. The lowest BCUT2D eigenvalue weighted by Gasteiger charge is -2.27. The van der Waals surface area contributed by atoms with Crippen LogP contribution < -0.4 is 0 Å². The molecule has 0 aromatic heterocycles. The molecule has 1 N–H and O–H groups in total. The Morgan fingerprint density at radius 3 is 2.50 bits per heavy atom. The van der Waals surface area contributed by atoms with Crippen molar-refractivity contribution in [2.24, 2.45) is 5.92 Å². The topological polar surface area (TPSA) is 46.5 Å². The number of aliphatic hydroxyl groups excluding tert-OH is 1. The first-order chi connectivity index (χ1) is 7.38. The van der Waals surface area contributed by atoms with Gasteiger partial charge in [-0.3, -0.25) is 4.79 Å². The molecule has 0 saturated heterocycles. The third-order valence-corrected chi connectivity index (χ3v) is 3.01. The number of hydrogen-bond acceptors (Lipinski definition) is 3. The predicted molar refractivity (Wildman–Crippen MR) is 63.0 cm³/mol. The van der Waals surface area contributed by atoms with Gasteiger partial charge in [0.1, 0.15) is 5.60 Å². The number of esters is 1. The van der Waals surface area contributed by atoms with Crippen molar-refractivity contribution in [1.82, 2.24) is 0 Å². The van der Waals surface area contributed by atoms with Gasteiger partial charge in [-0.1, -0.05) is 12.8 Å². The van der Waals surface area contributed by atoms with Gasteiger partial charge in [-0.25, -0.2) is 0 Å². The molecular formula is C13H24O3. The molecule has 1 rings (SSSR count). The van der Waals surface area contributed by atoms with Crippen molar-refractivity contribution in [3.8, 4) is 0 Å². The standard InChI is InChI=1S/C13H24O3/c1-13(2,3)16-12(15)9-8-10-6-4-5-7-11(10)14/h10-11,14H,4-9H2,1-3H3/t10-,11+/m1/s1. The normalized spacial score (nSPS) is 26.5. The van der Waals surface area contributed by atoms with E-state index < -0.39 is 5.60 Å². The van der Waals surface area contributed by atoms with Crippen LogP contribution in [0.2, 0.25) is 0 Å². The summed E-state index contributed by atoms with van der Waals surface area (Å²) in [5, 5.41) is 9.76. The van der Waals surface area contributed by atoms with Gasteiger partial charge in [-0.05, 0) is 46.0 Å². The minimum atomic E-state index is -0.401. The van der Waals surface area contributed by atoms with Crippen LogP contribution in [0, 0.1) is 5.92 Å². The molecule has 0 aromatic carbocycles. The SMILES string of the molecule is CC(C)(C)OC(=O)CC[C@H]1CCCC[C@@H]1O. The molecule has 1 aliphatic carbocycles. The van der Waals surface area contributed by atoms with Gasteiger partial charge in [0.15, 0.2) is 0 Å². The maximum Gasteiger partial charge on any atom is 0.306 e. The molecule has 0 heterocycles. The third kappa shape index (κ3) is 4.97. The van der Waals surface area contributed by atoms with Crippen molar-refractivity contribution in [1.29, 1.82) is 0 Å². The molecule has 0 aromatic rings. The minimum absolute atomic E-state index is 0.148. The lowest BCUT2D eigenvalue weighted by molar-refractivity contribution is -0.155. The quantitative estimate of drug-likeness (QED) is 0.755. The van der Waals surface area contributed by atoms with Crippen molar-refractivity contribution in [2.75, 3.05) is 0 Å². The highest BCUT2D eigenvalue weighted by Gasteiger charge is 2.24. The third-order valence-electron chi connectivity index (χ3n) is 3.01. The van der Waals surface area contributed by atoms with Crippen molar-refractivity contribution in [3.63, 3.8) is 0 Å². The van der Waals surface area contributed by atoms with E-state index in [-0.39, 0.29) is 12.1 Å². The highest BCUT2D eigenvalue weighted by atomic mass is 16.6. The molecule has 0 amide bonds. The van der Waals surface area contributed by atoms with E-state index in [9.17, 15) is 9.90 Å². The van der Waals surface area contributed by atoms with Gasteiger partial charge in [-0.2, -0.15) is 0 Å². The summed E-state index contributed by atoms with van der Waals surface area (Å²) in [5.41, 5.74) is -0.401. The van der Waals surface area contributed by atoms with Crippen LogP contribution in [0.25, 0.3) is 0 Å². The minimum Gasteiger partial charge on any atom is -0.460 e. The first kappa shape index (κ1) is 13.5. The maximum absolute atomic E-state index is 11.5. The van der Waals surface area contributed by atoms with E-state index in [1.54, 1.807) is 0 Å². The maximum atomic E-state index is 11.5. The van der Waals surface area contributed by atoms with E-state index in [0.717, 1.165) is 25.7 Å². The van der Waals surface area contributed by atoms with Gasteiger partial charge >= 0.3 is 5.97 Å². The Hall–Kier alpha value is -0.570. The second-order valence-electron chi connectivity index (χ2n) is 5.74. The molecule has 1 aliphatic rings. The number of carbonyl (C=O) groups excluding carboxylic acids is 1. The van der Waals surface area contributed by atoms with E-state index in [1.807, 2.05) is 20.8 Å². The van der Waals surface area contributed by atoms with Crippen molar-refractivity contribution in [2.45, 2.75) is 71.0 Å². The smallest absolute Gasteiger partial charge is 0.306 e. The molecule has 94 valence electrons. The predicted octanol–water partition coefficient (Wildman–Crippen LogP) is 2.66. The summed E-state index contributed by atoms with van der Waals surface area (Å²) in [4.78, 5) is 11.5. The molecule has 0 spiro atoms. The lowest BCUT2D eigenvalue weighted by Crippen LogP contribution is -2.27. The molecule has 1 saturated carbocycles. The van der Waals surface area contributed by atoms with Crippen LogP contribution in [0.1, 0.15) is 59.3 Å². The Balaban J connectivity index is 2.25. The number of rotatable bonds is 3. The van der Waals surface area contributed by atoms with E-state index in [0.29, 0.717) is 12.3 Å². The van der Waals surface area contributed by atoms with Gasteiger partial charge in [0.25, 0.3) is 0 Å². The van der Waals surface area contributed by atoms with Gasteiger partial charge in [-0.15, -0.1) is 0 Å². The second-order valence-corrected chi connectivity index (χ2v) is 5.74. The summed E-state index contributed by atoms with van der Waals surface area (Å²) in [7, 11) is 0. The van der Waals surface area contributed by atoms with Crippen molar-refractivity contribution < 1.29 is 14.6 Å². The summed E-state index contributed by atoms with van der Waals surface area (Å²) in [5.74, 6) is 0.145. The van der Waals surface area contributed by atoms with Crippen LogP contribution in [-0.2, 0) is 9.53 Å². The monoisotopic (exact) mass is 228 g/mol. The highest BCUT2D eigenvalue weighted by Crippen LogP contribution is 2.28. The Kier molecular flexibility index (Phi) is 4.78. The van der Waals surface area contributed by atoms with Crippen LogP contribution in [0.15, 0.2) is 0 Å². The number of ether oxygens (including phenoxy) is 1. The van der Waals surface area contributed by atoms with Crippen LogP contribution in [0.5, 0.6) is 0 Å². The number of carbonyl (C=O) groups is 1. The van der Waals surface area contributed by atoms with Crippen molar-refractivity contribution >= 4 is 5.97 Å². The first-order valence-electron chi connectivity index (χ1n) is 6.28. The molecule has 3 nitrogen and oxygen atoms in total. The zero-order chi connectivity index (χ0) is 12.2. The van der Waals surface area contributed by atoms with Crippen LogP contribution in [0.3, 0.4) is 0 Å². The molecule has 16 heavy (non-hydrogen) atoms. The Morgan fingerprint density at radius 2 is 1.94 bits per heavy atom. The van der Waals surface area contributed by atoms with Crippen LogP contribution >= 0.6 is 0 Å². The Bertz CT molecular complexity index is 230. The van der Waals surface area contributed by atoms with Gasteiger partial charge in [0, 0.05) is 6.42 Å². The molecule has 3 heteroatoms. The van der Waals surface area contributed by atoms with Crippen LogP contribution in [0.4, 0.5) is 0 Å². The molecule has 0 bridgehead atoms. The highest BCUT2D eigenvalue weighted by molar-refractivity contribution is 5.69. The molecule has 0 aliphatic heterocycles. The van der Waals surface area contributed by atoms with Crippen molar-refractivity contribution in [3.05, 3.63) is 0 Å². The summed E-state index contributed by atoms with van der Waals surface area (Å²) in [6.07, 6.45) is 5.20. The van der Waals surface area contributed by atoms with Gasteiger partial charge in [0.2, 0.25) is 0 Å². The van der Waals surface area contributed by atoms with Gasteiger partial charge < -0.3 is 9.84 Å². The van der Waals surface area contributed by atoms with E-state index in [4.69, 9.17) is 4.74 Å². The Labute approximate surface area is 98.2 Å². The zero-order valence-corrected chi connectivity index (χ0v) is 10.7. The van der Waals surface area contributed by atoms with E-state index in [1.165, 1.54) is 6.42 Å². The zero-order valence-electron chi connectivity index (χ0n) is 10.7. The summed E-state index contributed by atoms with van der Waals surface area (Å²) >= 11 is 0. The summed E-state index contributed by atoms with van der Waals surface area (Å²) in [6.45, 7) is 5.63. The fourth-order valence-electron chi connectivity index (χ4n) is 2.22. The molecular weight excluding hydrogens is 204 g/mol. The average molecular weight is 228 g/mol. The number of aliphatic hydroxyl groups is 1. The number of hydrogen-bond donors (Lipinski definition) is 1. The average Bonchev–Trinajstić information content (AvgIpc) is 2.14. The summed E-state index contributed by atoms with van der Waals surface area (Å²) < 4.78 is 5.24. The van der Waals surface area contributed by atoms with Crippen LogP contribution in [-0.4, -0.2) is 22.8 Å². The second kappa shape index (κ2) is 5.67. The van der Waals surface area contributed by atoms with E-state index >= 15 is 0 Å². The van der Waals surface area contributed by atoms with E-state index in [2.05, 4.69) is 0 Å². The first-order valence-corrected chi connectivity index (χ1v) is 6.28. The fraction of sp³-hybridized carbons (Fsp3) is 0.923. The Morgan fingerprint density at radius 1 is 1.31 bits per heavy atom. The van der Waals surface area contributed by atoms with Gasteiger partial charge in [0.05, 0.1) is 6.10 Å². The summed E-state index contributed by atoms with van der Waals surface area (Å²) in [6, 6.07) is 0. The largest absolute Gasteiger partial charge is 0.460 e. The molecule has 1 fully saturated rings. The lowest BCUT2D eigenvalue weighted by atomic mass is 9.83. The molecule has 0 radical (unpaired) electrons. The molecule has 0 unspecified atom stereocenters. The fourth-order valence-corrected chi connectivity index (χ4v) is 2.22.